The Morgan fingerprint density at radius 2 is 2.26 bits per heavy atom. The van der Waals surface area contributed by atoms with Crippen LogP contribution in [0.25, 0.3) is 0 Å². The molecule has 0 bridgehead atoms. The predicted octanol–water partition coefficient (Wildman–Crippen LogP) is 2.48. The van der Waals surface area contributed by atoms with Gasteiger partial charge >= 0.3 is 0 Å². The number of benzene rings is 1. The lowest BCUT2D eigenvalue weighted by atomic mass is 9.98. The number of nitro groups is 1. The molecule has 0 aromatic heterocycles. The molecule has 1 unspecified atom stereocenters. The van der Waals surface area contributed by atoms with Crippen LogP contribution in [0.4, 0.5) is 15.8 Å². The second kappa shape index (κ2) is 5.97. The molecular formula is C13H17FN2O3. The first kappa shape index (κ1) is 13.7. The number of nitro benzene ring substituents is 1. The Labute approximate surface area is 110 Å². The molecule has 1 fully saturated rings. The first-order chi connectivity index (χ1) is 9.13. The van der Waals surface area contributed by atoms with Crippen LogP contribution in [0, 0.1) is 15.9 Å². The number of non-ortho nitro benzene ring substituents is 1. The van der Waals surface area contributed by atoms with Crippen molar-refractivity contribution in [3.05, 3.63) is 34.1 Å². The third-order valence-corrected chi connectivity index (χ3v) is 3.54. The molecule has 19 heavy (non-hydrogen) atoms. The molecule has 104 valence electrons. The lowest BCUT2D eigenvalue weighted by Gasteiger charge is -2.37. The lowest BCUT2D eigenvalue weighted by molar-refractivity contribution is -0.385. The average molecular weight is 268 g/mol. The summed E-state index contributed by atoms with van der Waals surface area (Å²) in [6.45, 7) is 0.787. The van der Waals surface area contributed by atoms with Crippen LogP contribution < -0.4 is 4.90 Å². The normalized spacial score (nSPS) is 19.5. The van der Waals surface area contributed by atoms with Crippen molar-refractivity contribution >= 4 is 11.4 Å². The summed E-state index contributed by atoms with van der Waals surface area (Å²) in [5, 5.41) is 19.7. The minimum Gasteiger partial charge on any atom is -0.396 e. The van der Waals surface area contributed by atoms with E-state index in [0.717, 1.165) is 31.9 Å². The van der Waals surface area contributed by atoms with Gasteiger partial charge in [0.25, 0.3) is 5.69 Å². The number of aliphatic hydroxyl groups excluding tert-OH is 1. The fourth-order valence-corrected chi connectivity index (χ4v) is 2.61. The summed E-state index contributed by atoms with van der Waals surface area (Å²) in [4.78, 5) is 11.9. The van der Waals surface area contributed by atoms with E-state index >= 15 is 0 Å². The van der Waals surface area contributed by atoms with Gasteiger partial charge in [0.05, 0.1) is 16.7 Å². The summed E-state index contributed by atoms with van der Waals surface area (Å²) in [7, 11) is 0. The van der Waals surface area contributed by atoms with E-state index in [1.807, 2.05) is 4.90 Å². The summed E-state index contributed by atoms with van der Waals surface area (Å²) in [5.74, 6) is -0.570. The highest BCUT2D eigenvalue weighted by Gasteiger charge is 2.25. The van der Waals surface area contributed by atoms with Crippen LogP contribution in [0.3, 0.4) is 0 Å². The number of aliphatic hydroxyl groups is 1. The van der Waals surface area contributed by atoms with E-state index in [0.29, 0.717) is 12.1 Å². The summed E-state index contributed by atoms with van der Waals surface area (Å²) >= 11 is 0. The zero-order valence-corrected chi connectivity index (χ0v) is 10.6. The molecule has 0 aliphatic carbocycles. The van der Waals surface area contributed by atoms with Crippen molar-refractivity contribution in [2.24, 2.45) is 0 Å². The van der Waals surface area contributed by atoms with Gasteiger partial charge in [0.2, 0.25) is 0 Å². The Hall–Kier alpha value is -1.69. The molecule has 1 aliphatic heterocycles. The van der Waals surface area contributed by atoms with Crippen molar-refractivity contribution in [3.8, 4) is 0 Å². The Balaban J connectivity index is 2.26. The highest BCUT2D eigenvalue weighted by atomic mass is 19.1. The average Bonchev–Trinajstić information content (AvgIpc) is 2.40. The second-order valence-corrected chi connectivity index (χ2v) is 4.75. The Bertz CT molecular complexity index is 465. The number of anilines is 1. The molecule has 1 atom stereocenters. The molecule has 0 amide bonds. The Morgan fingerprint density at radius 1 is 1.47 bits per heavy atom. The van der Waals surface area contributed by atoms with Gasteiger partial charge in [-0.15, -0.1) is 0 Å². The van der Waals surface area contributed by atoms with Crippen LogP contribution in [0.1, 0.15) is 25.7 Å². The first-order valence-electron chi connectivity index (χ1n) is 6.45. The van der Waals surface area contributed by atoms with Crippen LogP contribution in [-0.2, 0) is 0 Å². The van der Waals surface area contributed by atoms with Gasteiger partial charge in [-0.2, -0.15) is 0 Å². The van der Waals surface area contributed by atoms with Gasteiger partial charge < -0.3 is 10.0 Å². The van der Waals surface area contributed by atoms with Gasteiger partial charge in [-0.25, -0.2) is 4.39 Å². The third kappa shape index (κ3) is 3.01. The van der Waals surface area contributed by atoms with E-state index in [4.69, 9.17) is 5.11 Å². The highest BCUT2D eigenvalue weighted by molar-refractivity contribution is 5.53. The SMILES string of the molecule is O=[N+]([O-])c1ccc(N2CCCCC2CCO)c(F)c1. The van der Waals surface area contributed by atoms with E-state index in [1.165, 1.54) is 12.1 Å². The molecule has 0 radical (unpaired) electrons. The maximum atomic E-state index is 14.0. The Morgan fingerprint density at radius 3 is 2.89 bits per heavy atom. The van der Waals surface area contributed by atoms with Crippen LogP contribution in [0.5, 0.6) is 0 Å². The number of piperidine rings is 1. The lowest BCUT2D eigenvalue weighted by Crippen LogP contribution is -2.40. The molecule has 2 rings (SSSR count). The minimum absolute atomic E-state index is 0.0652. The van der Waals surface area contributed by atoms with Crippen LogP contribution in [0.2, 0.25) is 0 Å². The van der Waals surface area contributed by atoms with E-state index in [1.54, 1.807) is 0 Å². The smallest absolute Gasteiger partial charge is 0.272 e. The van der Waals surface area contributed by atoms with Crippen molar-refractivity contribution in [3.63, 3.8) is 0 Å². The van der Waals surface area contributed by atoms with Gasteiger partial charge in [0.15, 0.2) is 5.82 Å². The van der Waals surface area contributed by atoms with Crippen molar-refractivity contribution in [2.75, 3.05) is 18.1 Å². The Kier molecular flexibility index (Phi) is 4.31. The number of rotatable bonds is 4. The first-order valence-corrected chi connectivity index (χ1v) is 6.45. The van der Waals surface area contributed by atoms with Crippen LogP contribution >= 0.6 is 0 Å². The van der Waals surface area contributed by atoms with Crippen molar-refractivity contribution < 1.29 is 14.4 Å². The van der Waals surface area contributed by atoms with E-state index < -0.39 is 10.7 Å². The van der Waals surface area contributed by atoms with Crippen molar-refractivity contribution in [1.82, 2.24) is 0 Å². The quantitative estimate of drug-likeness (QED) is 0.673. The molecule has 1 aromatic rings. The molecule has 1 N–H and O–H groups in total. The van der Waals surface area contributed by atoms with Gasteiger partial charge in [0.1, 0.15) is 0 Å². The van der Waals surface area contributed by atoms with Crippen molar-refractivity contribution in [2.45, 2.75) is 31.7 Å². The molecular weight excluding hydrogens is 251 g/mol. The maximum Gasteiger partial charge on any atom is 0.272 e. The van der Waals surface area contributed by atoms with Gasteiger partial charge in [-0.3, -0.25) is 10.1 Å². The van der Waals surface area contributed by atoms with Crippen LogP contribution in [0.15, 0.2) is 18.2 Å². The van der Waals surface area contributed by atoms with Gasteiger partial charge in [0, 0.05) is 25.3 Å². The monoisotopic (exact) mass is 268 g/mol. The molecule has 0 spiro atoms. The standard InChI is InChI=1S/C13H17FN2O3/c14-12-9-11(16(18)19)4-5-13(12)15-7-2-1-3-10(15)6-8-17/h4-5,9-10,17H,1-3,6-8H2. The zero-order valence-electron chi connectivity index (χ0n) is 10.6. The van der Waals surface area contributed by atoms with Gasteiger partial charge in [-0.05, 0) is 31.7 Å². The number of nitrogens with zero attached hydrogens (tertiary/aromatic N) is 2. The van der Waals surface area contributed by atoms with Crippen molar-refractivity contribution in [1.29, 1.82) is 0 Å². The fraction of sp³-hybridized carbons (Fsp3) is 0.538. The summed E-state index contributed by atoms with van der Waals surface area (Å²) in [6.07, 6.45) is 3.54. The molecule has 1 aromatic carbocycles. The third-order valence-electron chi connectivity index (χ3n) is 3.54. The topological polar surface area (TPSA) is 66.6 Å². The summed E-state index contributed by atoms with van der Waals surface area (Å²) in [6, 6.07) is 3.85. The van der Waals surface area contributed by atoms with E-state index in [9.17, 15) is 14.5 Å². The fourth-order valence-electron chi connectivity index (χ4n) is 2.61. The second-order valence-electron chi connectivity index (χ2n) is 4.75. The number of hydrogen-bond donors (Lipinski definition) is 1. The largest absolute Gasteiger partial charge is 0.396 e. The molecule has 1 saturated heterocycles. The highest BCUT2D eigenvalue weighted by Crippen LogP contribution is 2.30. The zero-order chi connectivity index (χ0) is 13.8. The van der Waals surface area contributed by atoms with E-state index in [2.05, 4.69) is 0 Å². The molecule has 1 aliphatic rings. The predicted molar refractivity (Wildman–Crippen MR) is 69.7 cm³/mol. The molecule has 0 saturated carbocycles. The molecule has 5 nitrogen and oxygen atoms in total. The van der Waals surface area contributed by atoms with E-state index in [-0.39, 0.29) is 18.3 Å². The van der Waals surface area contributed by atoms with Crippen LogP contribution in [-0.4, -0.2) is 29.2 Å². The summed E-state index contributed by atoms with van der Waals surface area (Å²) in [5.41, 5.74) is 0.153. The number of hydrogen-bond acceptors (Lipinski definition) is 4. The van der Waals surface area contributed by atoms with Gasteiger partial charge in [-0.1, -0.05) is 0 Å². The maximum absolute atomic E-state index is 14.0. The molecule has 1 heterocycles. The summed E-state index contributed by atoms with van der Waals surface area (Å²) < 4.78 is 14.0. The minimum atomic E-state index is -0.603. The number of halogens is 1. The molecule has 6 heteroatoms.